The Kier molecular flexibility index (Phi) is 4.53. The maximum atomic E-state index is 13.4. The summed E-state index contributed by atoms with van der Waals surface area (Å²) in [6, 6.07) is 15.3. The molecule has 1 unspecified atom stereocenters. The smallest absolute Gasteiger partial charge is 0.159 e. The van der Waals surface area contributed by atoms with E-state index in [4.69, 9.17) is 0 Å². The van der Waals surface area contributed by atoms with Crippen LogP contribution >= 0.6 is 0 Å². The van der Waals surface area contributed by atoms with Crippen molar-refractivity contribution in [2.75, 3.05) is 6.54 Å². The van der Waals surface area contributed by atoms with Crippen molar-refractivity contribution in [3.63, 3.8) is 0 Å². The summed E-state index contributed by atoms with van der Waals surface area (Å²) in [4.78, 5) is 2.16. The minimum absolute atomic E-state index is 0.541. The Hall–Kier alpha value is -2.57. The number of hydrogen-bond acceptors (Lipinski definition) is 3. The molecule has 1 aliphatic rings. The summed E-state index contributed by atoms with van der Waals surface area (Å²) in [5, 5.41) is 15.1. The summed E-state index contributed by atoms with van der Waals surface area (Å²) in [5.74, 6) is -1.65. The number of benzene rings is 2. The van der Waals surface area contributed by atoms with Crippen LogP contribution in [0.5, 0.6) is 0 Å². The molecule has 0 bridgehead atoms. The molecule has 0 saturated heterocycles. The molecule has 4 nitrogen and oxygen atoms in total. The zero-order valence-corrected chi connectivity index (χ0v) is 14.1. The molecule has 1 aliphatic heterocycles. The topological polar surface area (TPSA) is 41.3 Å². The van der Waals surface area contributed by atoms with E-state index in [1.807, 2.05) is 41.1 Å². The summed E-state index contributed by atoms with van der Waals surface area (Å²) in [5.41, 5.74) is 3.17. The molecule has 2 heterocycles. The fourth-order valence-corrected chi connectivity index (χ4v) is 3.31. The second-order valence-electron chi connectivity index (χ2n) is 6.56. The van der Waals surface area contributed by atoms with E-state index in [-0.39, 0.29) is 0 Å². The molecule has 0 saturated carbocycles. The molecular formula is C20H19F2N3O. The lowest BCUT2D eigenvalue weighted by Gasteiger charge is -2.27. The van der Waals surface area contributed by atoms with E-state index in [1.165, 1.54) is 6.07 Å². The van der Waals surface area contributed by atoms with Crippen LogP contribution in [-0.2, 0) is 19.6 Å². The second kappa shape index (κ2) is 6.97. The molecule has 4 rings (SSSR count). The van der Waals surface area contributed by atoms with Crippen molar-refractivity contribution in [2.45, 2.75) is 25.7 Å². The van der Waals surface area contributed by atoms with Gasteiger partial charge in [-0.25, -0.2) is 8.78 Å². The standard InChI is InChI=1S/C20H19F2N3O/c21-17-7-6-14(10-18(17)22)12-24-8-9-25-16(13-24)11-19(23-25)20(26)15-4-2-1-3-5-15/h1-7,10-11,20,26H,8-9,12-13H2. The predicted octanol–water partition coefficient (Wildman–Crippen LogP) is 3.26. The quantitative estimate of drug-likeness (QED) is 0.781. The summed E-state index contributed by atoms with van der Waals surface area (Å²) < 4.78 is 28.4. The average molecular weight is 355 g/mol. The van der Waals surface area contributed by atoms with Gasteiger partial charge < -0.3 is 5.11 Å². The number of aliphatic hydroxyl groups is 1. The van der Waals surface area contributed by atoms with Crippen LogP contribution < -0.4 is 0 Å². The van der Waals surface area contributed by atoms with Gasteiger partial charge in [-0.2, -0.15) is 5.10 Å². The summed E-state index contributed by atoms with van der Waals surface area (Å²) in [6.45, 7) is 2.64. The van der Waals surface area contributed by atoms with Gasteiger partial charge >= 0.3 is 0 Å². The minimum Gasteiger partial charge on any atom is -0.382 e. The first kappa shape index (κ1) is 16.9. The number of hydrogen-bond donors (Lipinski definition) is 1. The van der Waals surface area contributed by atoms with Gasteiger partial charge in [0, 0.05) is 19.6 Å². The van der Waals surface area contributed by atoms with Gasteiger partial charge in [0.2, 0.25) is 0 Å². The van der Waals surface area contributed by atoms with E-state index in [1.54, 1.807) is 6.07 Å². The Balaban J connectivity index is 1.49. The minimum atomic E-state index is -0.829. The predicted molar refractivity (Wildman–Crippen MR) is 93.2 cm³/mol. The SMILES string of the molecule is OC(c1ccccc1)c1cc2n(n1)CCN(Cc1ccc(F)c(F)c1)C2. The highest BCUT2D eigenvalue weighted by atomic mass is 19.2. The number of aromatic nitrogens is 2. The van der Waals surface area contributed by atoms with Crippen LogP contribution in [0.1, 0.15) is 28.6 Å². The fraction of sp³-hybridized carbons (Fsp3) is 0.250. The molecule has 0 aliphatic carbocycles. The third kappa shape index (κ3) is 3.38. The monoisotopic (exact) mass is 355 g/mol. The van der Waals surface area contributed by atoms with Crippen LogP contribution in [0, 0.1) is 11.6 Å². The van der Waals surface area contributed by atoms with Crippen molar-refractivity contribution in [3.8, 4) is 0 Å². The molecule has 0 amide bonds. The van der Waals surface area contributed by atoms with Gasteiger partial charge in [0.15, 0.2) is 11.6 Å². The van der Waals surface area contributed by atoms with Crippen molar-refractivity contribution in [1.29, 1.82) is 0 Å². The number of aliphatic hydroxyl groups excluding tert-OH is 1. The van der Waals surface area contributed by atoms with Crippen molar-refractivity contribution >= 4 is 0 Å². The number of nitrogens with zero attached hydrogens (tertiary/aromatic N) is 3. The van der Waals surface area contributed by atoms with E-state index in [0.29, 0.717) is 25.3 Å². The van der Waals surface area contributed by atoms with Crippen LogP contribution in [0.2, 0.25) is 0 Å². The van der Waals surface area contributed by atoms with Crippen LogP contribution in [0.15, 0.2) is 54.6 Å². The molecule has 6 heteroatoms. The van der Waals surface area contributed by atoms with Gasteiger partial charge in [0.1, 0.15) is 6.10 Å². The van der Waals surface area contributed by atoms with E-state index in [0.717, 1.165) is 29.4 Å². The lowest BCUT2D eigenvalue weighted by Crippen LogP contribution is -2.33. The highest BCUT2D eigenvalue weighted by Crippen LogP contribution is 2.24. The van der Waals surface area contributed by atoms with Crippen LogP contribution in [0.4, 0.5) is 8.78 Å². The molecule has 26 heavy (non-hydrogen) atoms. The highest BCUT2D eigenvalue weighted by Gasteiger charge is 2.22. The molecule has 0 fully saturated rings. The molecule has 1 aromatic heterocycles. The maximum Gasteiger partial charge on any atom is 0.159 e. The van der Waals surface area contributed by atoms with Crippen LogP contribution in [0.25, 0.3) is 0 Å². The van der Waals surface area contributed by atoms with Gasteiger partial charge in [-0.15, -0.1) is 0 Å². The number of halogens is 2. The van der Waals surface area contributed by atoms with Crippen molar-refractivity contribution in [1.82, 2.24) is 14.7 Å². The lowest BCUT2D eigenvalue weighted by atomic mass is 10.1. The molecule has 1 N–H and O–H groups in total. The van der Waals surface area contributed by atoms with Crippen LogP contribution in [-0.4, -0.2) is 26.3 Å². The third-order valence-corrected chi connectivity index (χ3v) is 4.68. The molecule has 0 spiro atoms. The van der Waals surface area contributed by atoms with E-state index in [2.05, 4.69) is 10.00 Å². The normalized spacial score (nSPS) is 15.7. The fourth-order valence-electron chi connectivity index (χ4n) is 3.31. The Morgan fingerprint density at radius 3 is 2.58 bits per heavy atom. The van der Waals surface area contributed by atoms with Gasteiger partial charge in [0.05, 0.1) is 17.9 Å². The van der Waals surface area contributed by atoms with Crippen molar-refractivity contribution in [2.24, 2.45) is 0 Å². The molecule has 1 atom stereocenters. The summed E-state index contributed by atoms with van der Waals surface area (Å²) in [6.07, 6.45) is -0.756. The van der Waals surface area contributed by atoms with Gasteiger partial charge in [0.25, 0.3) is 0 Å². The van der Waals surface area contributed by atoms with E-state index < -0.39 is 17.7 Å². The third-order valence-electron chi connectivity index (χ3n) is 4.68. The molecule has 2 aromatic carbocycles. The summed E-state index contributed by atoms with van der Waals surface area (Å²) >= 11 is 0. The highest BCUT2D eigenvalue weighted by molar-refractivity contribution is 5.27. The van der Waals surface area contributed by atoms with Gasteiger partial charge in [-0.05, 0) is 29.3 Å². The van der Waals surface area contributed by atoms with Crippen LogP contribution in [0.3, 0.4) is 0 Å². The van der Waals surface area contributed by atoms with Crippen molar-refractivity contribution < 1.29 is 13.9 Å². The first-order chi connectivity index (χ1) is 12.6. The Morgan fingerprint density at radius 2 is 1.81 bits per heavy atom. The zero-order valence-electron chi connectivity index (χ0n) is 14.1. The Morgan fingerprint density at radius 1 is 1.00 bits per heavy atom. The van der Waals surface area contributed by atoms with E-state index >= 15 is 0 Å². The maximum absolute atomic E-state index is 13.4. The van der Waals surface area contributed by atoms with Gasteiger partial charge in [-0.1, -0.05) is 36.4 Å². The first-order valence-corrected chi connectivity index (χ1v) is 8.56. The summed E-state index contributed by atoms with van der Waals surface area (Å²) in [7, 11) is 0. The van der Waals surface area contributed by atoms with Gasteiger partial charge in [-0.3, -0.25) is 9.58 Å². The van der Waals surface area contributed by atoms with E-state index in [9.17, 15) is 13.9 Å². The molecule has 134 valence electrons. The molecule has 3 aromatic rings. The largest absolute Gasteiger partial charge is 0.382 e. The zero-order chi connectivity index (χ0) is 18.1. The molecular weight excluding hydrogens is 336 g/mol. The Labute approximate surface area is 150 Å². The average Bonchev–Trinajstić information content (AvgIpc) is 3.08. The Bertz CT molecular complexity index is 911. The van der Waals surface area contributed by atoms with Crippen molar-refractivity contribution in [3.05, 3.63) is 88.7 Å². The second-order valence-corrected chi connectivity index (χ2v) is 6.56. The first-order valence-electron chi connectivity index (χ1n) is 8.56. The number of fused-ring (bicyclic) bond motifs is 1. The number of rotatable bonds is 4. The lowest BCUT2D eigenvalue weighted by molar-refractivity contribution is 0.200. The molecule has 0 radical (unpaired) electrons.